The Hall–Kier alpha value is -2.87. The SMILES string of the molecule is COC(=O)C(C[C@@H]1c2c(ccn2S(=O)(=O)c2ccc(C)cc2)[C@@H]2C=C[C@H]1C2)C(=O)OC. The highest BCUT2D eigenvalue weighted by Crippen LogP contribution is 2.51. The molecule has 0 amide bonds. The van der Waals surface area contributed by atoms with E-state index in [9.17, 15) is 18.0 Å². The van der Waals surface area contributed by atoms with E-state index >= 15 is 0 Å². The van der Waals surface area contributed by atoms with Crippen molar-refractivity contribution in [3.8, 4) is 0 Å². The number of carbonyl (C=O) groups is 2. The molecule has 164 valence electrons. The molecule has 0 aliphatic heterocycles. The largest absolute Gasteiger partial charge is 0.468 e. The van der Waals surface area contributed by atoms with E-state index in [2.05, 4.69) is 12.2 Å². The fourth-order valence-corrected chi connectivity index (χ4v) is 6.17. The summed E-state index contributed by atoms with van der Waals surface area (Å²) in [6, 6.07) is 8.53. The zero-order valence-corrected chi connectivity index (χ0v) is 18.5. The molecule has 7 nitrogen and oxygen atoms in total. The zero-order chi connectivity index (χ0) is 22.3. The van der Waals surface area contributed by atoms with Crippen LogP contribution in [0.5, 0.6) is 0 Å². The van der Waals surface area contributed by atoms with Crippen molar-refractivity contribution in [2.24, 2.45) is 11.8 Å². The first kappa shape index (κ1) is 21.4. The number of nitrogens with zero attached hydrogens (tertiary/aromatic N) is 1. The van der Waals surface area contributed by atoms with Crippen LogP contribution in [-0.2, 0) is 29.1 Å². The molecule has 2 aliphatic rings. The van der Waals surface area contributed by atoms with Gasteiger partial charge in [0.2, 0.25) is 0 Å². The van der Waals surface area contributed by atoms with Crippen LogP contribution in [0.3, 0.4) is 0 Å². The minimum atomic E-state index is -3.84. The molecule has 1 heterocycles. The Labute approximate surface area is 181 Å². The van der Waals surface area contributed by atoms with E-state index < -0.39 is 27.9 Å². The molecule has 0 saturated carbocycles. The molecule has 2 bridgehead atoms. The van der Waals surface area contributed by atoms with Crippen molar-refractivity contribution in [2.75, 3.05) is 14.2 Å². The van der Waals surface area contributed by atoms with Gasteiger partial charge in [-0.3, -0.25) is 9.59 Å². The van der Waals surface area contributed by atoms with Gasteiger partial charge in [-0.2, -0.15) is 0 Å². The Bertz CT molecular complexity index is 1130. The number of hydrogen-bond donors (Lipinski definition) is 0. The molecule has 0 N–H and O–H groups in total. The maximum absolute atomic E-state index is 13.5. The van der Waals surface area contributed by atoms with Gasteiger partial charge in [0.25, 0.3) is 10.0 Å². The number of ether oxygens (including phenoxy) is 2. The lowest BCUT2D eigenvalue weighted by atomic mass is 9.74. The molecule has 0 fully saturated rings. The molecule has 0 saturated heterocycles. The summed E-state index contributed by atoms with van der Waals surface area (Å²) in [7, 11) is -1.39. The summed E-state index contributed by atoms with van der Waals surface area (Å²) in [5.41, 5.74) is 2.51. The highest BCUT2D eigenvalue weighted by Gasteiger charge is 2.44. The van der Waals surface area contributed by atoms with Gasteiger partial charge in [-0.05, 0) is 49.4 Å². The van der Waals surface area contributed by atoms with Crippen LogP contribution in [0.25, 0.3) is 0 Å². The van der Waals surface area contributed by atoms with Crippen molar-refractivity contribution >= 4 is 22.0 Å². The van der Waals surface area contributed by atoms with Crippen molar-refractivity contribution in [3.05, 3.63) is 65.5 Å². The molecule has 8 heteroatoms. The van der Waals surface area contributed by atoms with Gasteiger partial charge in [0.05, 0.1) is 19.1 Å². The summed E-state index contributed by atoms with van der Waals surface area (Å²) in [6.45, 7) is 1.90. The summed E-state index contributed by atoms with van der Waals surface area (Å²) in [6.07, 6.45) is 6.65. The molecule has 3 atom stereocenters. The Morgan fingerprint density at radius 3 is 2.32 bits per heavy atom. The van der Waals surface area contributed by atoms with Crippen molar-refractivity contribution in [3.63, 3.8) is 0 Å². The van der Waals surface area contributed by atoms with Crippen LogP contribution in [0, 0.1) is 18.8 Å². The molecule has 2 aromatic rings. The first-order valence-electron chi connectivity index (χ1n) is 10.1. The molecule has 1 aromatic heterocycles. The normalized spacial score (nSPS) is 21.7. The molecule has 1 aromatic carbocycles. The van der Waals surface area contributed by atoms with E-state index in [1.165, 1.54) is 18.2 Å². The number of hydrogen-bond acceptors (Lipinski definition) is 6. The summed E-state index contributed by atoms with van der Waals surface area (Å²) < 4.78 is 37.9. The van der Waals surface area contributed by atoms with Crippen LogP contribution in [0.2, 0.25) is 0 Å². The third kappa shape index (κ3) is 3.59. The number of carbonyl (C=O) groups excluding carboxylic acids is 2. The third-order valence-corrected chi connectivity index (χ3v) is 8.05. The topological polar surface area (TPSA) is 91.7 Å². The molecular weight excluding hydrogens is 418 g/mol. The van der Waals surface area contributed by atoms with Crippen LogP contribution in [0.4, 0.5) is 0 Å². The van der Waals surface area contributed by atoms with Gasteiger partial charge in [-0.25, -0.2) is 12.4 Å². The van der Waals surface area contributed by atoms with E-state index in [4.69, 9.17) is 9.47 Å². The van der Waals surface area contributed by atoms with Gasteiger partial charge in [0, 0.05) is 23.7 Å². The number of methoxy groups -OCH3 is 2. The average molecular weight is 444 g/mol. The predicted molar refractivity (Wildman–Crippen MR) is 113 cm³/mol. The molecule has 0 spiro atoms. The van der Waals surface area contributed by atoms with Gasteiger partial charge < -0.3 is 9.47 Å². The number of allylic oxidation sites excluding steroid dienone is 2. The van der Waals surface area contributed by atoms with Crippen molar-refractivity contribution in [2.45, 2.75) is 36.5 Å². The van der Waals surface area contributed by atoms with Crippen molar-refractivity contribution < 1.29 is 27.5 Å². The van der Waals surface area contributed by atoms with Crippen molar-refractivity contribution in [1.29, 1.82) is 0 Å². The lowest BCUT2D eigenvalue weighted by Crippen LogP contribution is -2.32. The Morgan fingerprint density at radius 1 is 1.06 bits per heavy atom. The monoisotopic (exact) mass is 443 g/mol. The Morgan fingerprint density at radius 2 is 1.71 bits per heavy atom. The molecule has 4 rings (SSSR count). The van der Waals surface area contributed by atoms with E-state index in [0.717, 1.165) is 17.5 Å². The Balaban J connectivity index is 1.80. The molecule has 0 radical (unpaired) electrons. The van der Waals surface area contributed by atoms with Gasteiger partial charge in [0.1, 0.15) is 0 Å². The maximum atomic E-state index is 13.5. The number of esters is 2. The van der Waals surface area contributed by atoms with Crippen LogP contribution in [0.1, 0.15) is 41.5 Å². The standard InChI is InChI=1S/C23H25NO6S/c1-14-4-8-17(9-5-14)31(27,28)24-11-10-18-15-6-7-16(12-15)19(21(18)24)13-20(22(25)29-2)23(26)30-3/h4-11,15-16,19-20H,12-13H2,1-3H3/t15-,16+,19+/m1/s1. The fourth-order valence-electron chi connectivity index (χ4n) is 4.74. The molecule has 0 unspecified atom stereocenters. The first-order valence-corrected chi connectivity index (χ1v) is 11.6. The molecule has 2 aliphatic carbocycles. The van der Waals surface area contributed by atoms with Crippen molar-refractivity contribution in [1.82, 2.24) is 3.97 Å². The van der Waals surface area contributed by atoms with E-state index in [0.29, 0.717) is 5.69 Å². The van der Waals surface area contributed by atoms with E-state index in [1.54, 1.807) is 30.5 Å². The van der Waals surface area contributed by atoms with E-state index in [-0.39, 0.29) is 29.1 Å². The second-order valence-electron chi connectivity index (χ2n) is 8.10. The van der Waals surface area contributed by atoms with Crippen LogP contribution in [0.15, 0.2) is 53.6 Å². The van der Waals surface area contributed by atoms with Crippen LogP contribution >= 0.6 is 0 Å². The van der Waals surface area contributed by atoms with Crippen LogP contribution in [-0.4, -0.2) is 38.5 Å². The third-order valence-electron chi connectivity index (χ3n) is 6.35. The average Bonchev–Trinajstić information content (AvgIpc) is 3.40. The van der Waals surface area contributed by atoms with Gasteiger partial charge in [-0.1, -0.05) is 29.8 Å². The highest BCUT2D eigenvalue weighted by atomic mass is 32.2. The lowest BCUT2D eigenvalue weighted by Gasteiger charge is -2.32. The minimum Gasteiger partial charge on any atom is -0.468 e. The summed E-state index contributed by atoms with van der Waals surface area (Å²) in [5.74, 6) is -2.68. The molecule has 31 heavy (non-hydrogen) atoms. The summed E-state index contributed by atoms with van der Waals surface area (Å²) >= 11 is 0. The maximum Gasteiger partial charge on any atom is 0.320 e. The lowest BCUT2D eigenvalue weighted by molar-refractivity contribution is -0.159. The first-order chi connectivity index (χ1) is 14.8. The molecular formula is C23H25NO6S. The number of aromatic nitrogens is 1. The number of aryl methyl sites for hydroxylation is 1. The van der Waals surface area contributed by atoms with Crippen LogP contribution < -0.4 is 0 Å². The van der Waals surface area contributed by atoms with Gasteiger partial charge in [-0.15, -0.1) is 0 Å². The predicted octanol–water partition coefficient (Wildman–Crippen LogP) is 3.14. The number of rotatable bonds is 6. The second kappa shape index (κ2) is 8.00. The zero-order valence-electron chi connectivity index (χ0n) is 17.6. The number of fused-ring (bicyclic) bond motifs is 4. The summed E-state index contributed by atoms with van der Waals surface area (Å²) in [4.78, 5) is 24.8. The van der Waals surface area contributed by atoms with Gasteiger partial charge in [0.15, 0.2) is 5.92 Å². The highest BCUT2D eigenvalue weighted by molar-refractivity contribution is 7.90. The van der Waals surface area contributed by atoms with E-state index in [1.807, 2.05) is 13.0 Å². The fraction of sp³-hybridized carbons (Fsp3) is 0.391. The second-order valence-corrected chi connectivity index (χ2v) is 9.92. The Kier molecular flexibility index (Phi) is 5.51. The summed E-state index contributed by atoms with van der Waals surface area (Å²) in [5, 5.41) is 0. The minimum absolute atomic E-state index is 0.0242. The number of benzene rings is 1. The quantitative estimate of drug-likeness (QED) is 0.387. The van der Waals surface area contributed by atoms with Gasteiger partial charge >= 0.3 is 11.9 Å². The smallest absolute Gasteiger partial charge is 0.320 e.